The molecular formula is C18H21N3O2S. The van der Waals surface area contributed by atoms with Gasteiger partial charge in [0.1, 0.15) is 5.75 Å². The third-order valence-corrected chi connectivity index (χ3v) is 5.52. The maximum absolute atomic E-state index is 12.5. The summed E-state index contributed by atoms with van der Waals surface area (Å²) in [6.45, 7) is 7.03. The van der Waals surface area contributed by atoms with Crippen LogP contribution < -0.4 is 4.74 Å². The number of rotatable bonds is 3. The lowest BCUT2D eigenvalue weighted by Gasteiger charge is -2.34. The van der Waals surface area contributed by atoms with Gasteiger partial charge in [-0.1, -0.05) is 12.1 Å². The number of ether oxygens (including phenoxy) is 1. The highest BCUT2D eigenvalue weighted by atomic mass is 32.1. The molecule has 1 amide bonds. The Hall–Kier alpha value is -1.92. The first kappa shape index (κ1) is 15.6. The Morgan fingerprint density at radius 3 is 2.88 bits per heavy atom. The summed E-state index contributed by atoms with van der Waals surface area (Å²) in [6, 6.07) is 6.51. The molecule has 0 spiro atoms. The van der Waals surface area contributed by atoms with E-state index in [9.17, 15) is 4.79 Å². The molecule has 1 aromatic carbocycles. The van der Waals surface area contributed by atoms with Gasteiger partial charge in [-0.15, -0.1) is 0 Å². The Labute approximate surface area is 146 Å². The van der Waals surface area contributed by atoms with Crippen LogP contribution in [-0.4, -0.2) is 52.9 Å². The highest BCUT2D eigenvalue weighted by Gasteiger charge is 2.24. The van der Waals surface area contributed by atoms with Crippen LogP contribution in [-0.2, 0) is 13.0 Å². The second-order valence-electron chi connectivity index (χ2n) is 6.42. The number of benzene rings is 1. The standard InChI is InChI=1S/C18H21N3O2S/c1-13-16(12-24-19-13)18(22)21-7-5-20(6-8-21)11-14-2-3-17-15(10-14)4-9-23-17/h2-3,10,12H,4-9,11H2,1H3. The summed E-state index contributed by atoms with van der Waals surface area (Å²) < 4.78 is 9.77. The number of carbonyl (C=O) groups excluding carboxylic acids is 1. The Morgan fingerprint density at radius 2 is 2.12 bits per heavy atom. The molecular weight excluding hydrogens is 322 g/mol. The molecule has 1 saturated heterocycles. The molecule has 24 heavy (non-hydrogen) atoms. The molecule has 6 heteroatoms. The molecule has 126 valence electrons. The second-order valence-corrected chi connectivity index (χ2v) is 7.05. The van der Waals surface area contributed by atoms with Crippen molar-refractivity contribution < 1.29 is 9.53 Å². The molecule has 5 nitrogen and oxygen atoms in total. The zero-order chi connectivity index (χ0) is 16.5. The van der Waals surface area contributed by atoms with Crippen LogP contribution in [0.15, 0.2) is 23.6 Å². The number of fused-ring (bicyclic) bond motifs is 1. The lowest BCUT2D eigenvalue weighted by Crippen LogP contribution is -2.48. The topological polar surface area (TPSA) is 45.7 Å². The van der Waals surface area contributed by atoms with Crippen LogP contribution in [0.25, 0.3) is 0 Å². The molecule has 0 saturated carbocycles. The van der Waals surface area contributed by atoms with Gasteiger partial charge in [0.05, 0.1) is 17.9 Å². The smallest absolute Gasteiger partial charge is 0.256 e. The monoisotopic (exact) mass is 343 g/mol. The van der Waals surface area contributed by atoms with Crippen LogP contribution in [0, 0.1) is 6.92 Å². The van der Waals surface area contributed by atoms with Crippen LogP contribution in [0.4, 0.5) is 0 Å². The van der Waals surface area contributed by atoms with Crippen LogP contribution >= 0.6 is 11.5 Å². The van der Waals surface area contributed by atoms with Crippen LogP contribution in [0.3, 0.4) is 0 Å². The molecule has 0 unspecified atom stereocenters. The number of hydrogen-bond acceptors (Lipinski definition) is 5. The normalized spacial score (nSPS) is 17.6. The summed E-state index contributed by atoms with van der Waals surface area (Å²) in [5.41, 5.74) is 4.25. The van der Waals surface area contributed by atoms with Crippen LogP contribution in [0.1, 0.15) is 27.2 Å². The fraction of sp³-hybridized carbons (Fsp3) is 0.444. The van der Waals surface area contributed by atoms with E-state index in [-0.39, 0.29) is 5.91 Å². The summed E-state index contributed by atoms with van der Waals surface area (Å²) in [6.07, 6.45) is 1.01. The summed E-state index contributed by atoms with van der Waals surface area (Å²) in [4.78, 5) is 16.9. The van der Waals surface area contributed by atoms with E-state index in [1.165, 1.54) is 22.7 Å². The minimum atomic E-state index is 0.121. The molecule has 1 aromatic heterocycles. The first-order valence-electron chi connectivity index (χ1n) is 8.38. The number of carbonyl (C=O) groups is 1. The van der Waals surface area contributed by atoms with Gasteiger partial charge in [0.25, 0.3) is 5.91 Å². The summed E-state index contributed by atoms with van der Waals surface area (Å²) in [7, 11) is 0. The highest BCUT2D eigenvalue weighted by molar-refractivity contribution is 7.03. The van der Waals surface area contributed by atoms with Gasteiger partial charge in [0, 0.05) is 44.5 Å². The molecule has 1 fully saturated rings. The fourth-order valence-corrected chi connectivity index (χ4v) is 4.06. The van der Waals surface area contributed by atoms with Gasteiger partial charge in [-0.2, -0.15) is 4.37 Å². The van der Waals surface area contributed by atoms with Gasteiger partial charge in [-0.05, 0) is 35.6 Å². The Bertz CT molecular complexity index is 750. The molecule has 4 rings (SSSR count). The SMILES string of the molecule is Cc1nscc1C(=O)N1CCN(Cc2ccc3c(c2)CCO3)CC1. The number of hydrogen-bond donors (Lipinski definition) is 0. The van der Waals surface area contributed by atoms with Crippen molar-refractivity contribution in [1.29, 1.82) is 0 Å². The van der Waals surface area contributed by atoms with E-state index in [2.05, 4.69) is 27.5 Å². The van der Waals surface area contributed by atoms with Crippen molar-refractivity contribution in [2.24, 2.45) is 0 Å². The lowest BCUT2D eigenvalue weighted by molar-refractivity contribution is 0.0628. The average molecular weight is 343 g/mol. The summed E-state index contributed by atoms with van der Waals surface area (Å²) in [5.74, 6) is 1.16. The number of piperazine rings is 1. The maximum Gasteiger partial charge on any atom is 0.256 e. The van der Waals surface area contributed by atoms with Crippen molar-refractivity contribution >= 4 is 17.4 Å². The van der Waals surface area contributed by atoms with E-state index in [4.69, 9.17) is 4.74 Å². The average Bonchev–Trinajstić information content (AvgIpc) is 3.23. The van der Waals surface area contributed by atoms with Crippen molar-refractivity contribution in [3.05, 3.63) is 46.0 Å². The van der Waals surface area contributed by atoms with Gasteiger partial charge in [-0.3, -0.25) is 9.69 Å². The third-order valence-electron chi connectivity index (χ3n) is 4.80. The van der Waals surface area contributed by atoms with Gasteiger partial charge < -0.3 is 9.64 Å². The van der Waals surface area contributed by atoms with E-state index in [0.717, 1.165) is 62.8 Å². The number of aryl methyl sites for hydroxylation is 1. The van der Waals surface area contributed by atoms with Gasteiger partial charge in [0.2, 0.25) is 0 Å². The van der Waals surface area contributed by atoms with E-state index < -0.39 is 0 Å². The lowest BCUT2D eigenvalue weighted by atomic mass is 10.1. The molecule has 2 aliphatic rings. The van der Waals surface area contributed by atoms with Crippen LogP contribution in [0.2, 0.25) is 0 Å². The van der Waals surface area contributed by atoms with Crippen molar-refractivity contribution in [3.63, 3.8) is 0 Å². The minimum Gasteiger partial charge on any atom is -0.493 e. The second kappa shape index (κ2) is 6.53. The molecule has 2 aliphatic heterocycles. The summed E-state index contributed by atoms with van der Waals surface area (Å²) >= 11 is 1.35. The molecule has 0 N–H and O–H groups in total. The zero-order valence-corrected chi connectivity index (χ0v) is 14.6. The molecule has 3 heterocycles. The van der Waals surface area contributed by atoms with Crippen LogP contribution in [0.5, 0.6) is 5.75 Å². The quantitative estimate of drug-likeness (QED) is 0.858. The van der Waals surface area contributed by atoms with Gasteiger partial charge in [0.15, 0.2) is 0 Å². The molecule has 0 atom stereocenters. The molecule has 0 radical (unpaired) electrons. The van der Waals surface area contributed by atoms with E-state index in [1.54, 1.807) is 0 Å². The Balaban J connectivity index is 1.35. The Kier molecular flexibility index (Phi) is 4.24. The fourth-order valence-electron chi connectivity index (χ4n) is 3.37. The Morgan fingerprint density at radius 1 is 1.29 bits per heavy atom. The first-order chi connectivity index (χ1) is 11.7. The number of nitrogens with zero attached hydrogens (tertiary/aromatic N) is 3. The number of amides is 1. The minimum absolute atomic E-state index is 0.121. The van der Waals surface area contributed by atoms with E-state index in [1.807, 2.05) is 17.2 Å². The summed E-state index contributed by atoms with van der Waals surface area (Å²) in [5, 5.41) is 1.86. The number of aromatic nitrogens is 1. The maximum atomic E-state index is 12.5. The molecule has 0 bridgehead atoms. The van der Waals surface area contributed by atoms with E-state index in [0.29, 0.717) is 0 Å². The highest BCUT2D eigenvalue weighted by Crippen LogP contribution is 2.26. The first-order valence-corrected chi connectivity index (χ1v) is 9.21. The zero-order valence-electron chi connectivity index (χ0n) is 13.8. The van der Waals surface area contributed by atoms with Gasteiger partial charge in [-0.25, -0.2) is 0 Å². The van der Waals surface area contributed by atoms with Gasteiger partial charge >= 0.3 is 0 Å². The van der Waals surface area contributed by atoms with E-state index >= 15 is 0 Å². The third kappa shape index (κ3) is 3.03. The molecule has 0 aliphatic carbocycles. The van der Waals surface area contributed by atoms with Crippen molar-refractivity contribution in [2.45, 2.75) is 19.9 Å². The largest absolute Gasteiger partial charge is 0.493 e. The predicted molar refractivity (Wildman–Crippen MR) is 93.7 cm³/mol. The van der Waals surface area contributed by atoms with Crippen molar-refractivity contribution in [3.8, 4) is 5.75 Å². The van der Waals surface area contributed by atoms with Crippen molar-refractivity contribution in [1.82, 2.24) is 14.2 Å². The predicted octanol–water partition coefficient (Wildman–Crippen LogP) is 2.34. The van der Waals surface area contributed by atoms with Crippen molar-refractivity contribution in [2.75, 3.05) is 32.8 Å². The molecule has 2 aromatic rings.